The van der Waals surface area contributed by atoms with Gasteiger partial charge in [-0.05, 0) is 30.2 Å². The quantitative estimate of drug-likeness (QED) is 0.416. The fourth-order valence-corrected chi connectivity index (χ4v) is 3.78. The number of hydrogen-bond donors (Lipinski definition) is 0. The summed E-state index contributed by atoms with van der Waals surface area (Å²) in [6.45, 7) is 3.07. The summed E-state index contributed by atoms with van der Waals surface area (Å²) in [6, 6.07) is 17.1. The number of hydrogen-bond acceptors (Lipinski definition) is 1. The van der Waals surface area contributed by atoms with Crippen molar-refractivity contribution in [1.82, 2.24) is 14.1 Å². The molecule has 0 fully saturated rings. The average Bonchev–Trinajstić information content (AvgIpc) is 3.31. The number of nitrogens with zero attached hydrogens (tertiary/aromatic N) is 3. The number of benzene rings is 2. The van der Waals surface area contributed by atoms with E-state index in [1.165, 1.54) is 22.0 Å². The second-order valence-electron chi connectivity index (χ2n) is 6.67. The summed E-state index contributed by atoms with van der Waals surface area (Å²) in [7, 11) is 0. The van der Waals surface area contributed by atoms with E-state index in [0.29, 0.717) is 6.04 Å². The number of aromatic nitrogens is 3. The summed E-state index contributed by atoms with van der Waals surface area (Å²) in [4.78, 5) is 4.26. The van der Waals surface area contributed by atoms with Crippen LogP contribution in [0.2, 0.25) is 5.02 Å². The third-order valence-corrected chi connectivity index (χ3v) is 5.14. The van der Waals surface area contributed by atoms with Crippen LogP contribution in [-0.4, -0.2) is 14.1 Å². The first kappa shape index (κ1) is 16.9. The highest BCUT2D eigenvalue weighted by molar-refractivity contribution is 6.30. The number of fused-ring (bicyclic) bond motifs is 1. The molecule has 132 valence electrons. The van der Waals surface area contributed by atoms with E-state index < -0.39 is 0 Å². The van der Waals surface area contributed by atoms with Gasteiger partial charge in [0.15, 0.2) is 0 Å². The SMILES string of the molecule is CCCC(c1cn(Cc2ccc(Cl)cc2)c2ccccc12)n1ccnc1. The Morgan fingerprint density at radius 1 is 1.08 bits per heavy atom. The summed E-state index contributed by atoms with van der Waals surface area (Å²) in [6.07, 6.45) is 10.4. The largest absolute Gasteiger partial charge is 0.343 e. The smallest absolute Gasteiger partial charge is 0.0951 e. The van der Waals surface area contributed by atoms with E-state index in [0.717, 1.165) is 24.4 Å². The Balaban J connectivity index is 1.79. The Morgan fingerprint density at radius 3 is 2.62 bits per heavy atom. The topological polar surface area (TPSA) is 22.8 Å². The Hall–Kier alpha value is -2.52. The maximum Gasteiger partial charge on any atom is 0.0951 e. The Bertz CT molecular complexity index is 984. The second-order valence-corrected chi connectivity index (χ2v) is 7.11. The van der Waals surface area contributed by atoms with Crippen LogP contribution in [0.3, 0.4) is 0 Å². The molecule has 0 saturated carbocycles. The van der Waals surface area contributed by atoms with Gasteiger partial charge in [0.2, 0.25) is 0 Å². The van der Waals surface area contributed by atoms with Gasteiger partial charge in [-0.25, -0.2) is 4.98 Å². The summed E-state index contributed by atoms with van der Waals surface area (Å²) < 4.78 is 4.56. The zero-order valence-corrected chi connectivity index (χ0v) is 15.6. The second kappa shape index (κ2) is 7.38. The van der Waals surface area contributed by atoms with Gasteiger partial charge in [-0.3, -0.25) is 0 Å². The van der Waals surface area contributed by atoms with Gasteiger partial charge in [-0.1, -0.05) is 55.3 Å². The fourth-order valence-electron chi connectivity index (χ4n) is 3.65. The van der Waals surface area contributed by atoms with Crippen LogP contribution in [0.4, 0.5) is 0 Å². The molecule has 0 aliphatic carbocycles. The van der Waals surface area contributed by atoms with Gasteiger partial charge >= 0.3 is 0 Å². The van der Waals surface area contributed by atoms with Crippen molar-refractivity contribution in [3.05, 3.63) is 89.6 Å². The average molecular weight is 364 g/mol. The first-order chi connectivity index (χ1) is 12.8. The normalized spacial score (nSPS) is 12.5. The number of halogens is 1. The first-order valence-corrected chi connectivity index (χ1v) is 9.43. The van der Waals surface area contributed by atoms with Crippen LogP contribution in [0.1, 0.15) is 36.9 Å². The fraction of sp³-hybridized carbons (Fsp3) is 0.227. The molecule has 2 aromatic carbocycles. The van der Waals surface area contributed by atoms with E-state index in [4.69, 9.17) is 11.6 Å². The third kappa shape index (κ3) is 3.27. The third-order valence-electron chi connectivity index (χ3n) is 4.89. The molecule has 2 aromatic heterocycles. The lowest BCUT2D eigenvalue weighted by Gasteiger charge is -2.17. The zero-order chi connectivity index (χ0) is 17.9. The van der Waals surface area contributed by atoms with Crippen LogP contribution < -0.4 is 0 Å². The van der Waals surface area contributed by atoms with Crippen molar-refractivity contribution < 1.29 is 0 Å². The van der Waals surface area contributed by atoms with E-state index >= 15 is 0 Å². The van der Waals surface area contributed by atoms with E-state index in [9.17, 15) is 0 Å². The van der Waals surface area contributed by atoms with Crippen LogP contribution in [0, 0.1) is 0 Å². The van der Waals surface area contributed by atoms with Gasteiger partial charge in [0.1, 0.15) is 0 Å². The molecular formula is C22H22ClN3. The van der Waals surface area contributed by atoms with Crippen molar-refractivity contribution in [1.29, 1.82) is 0 Å². The highest BCUT2D eigenvalue weighted by atomic mass is 35.5. The van der Waals surface area contributed by atoms with Crippen molar-refractivity contribution >= 4 is 22.5 Å². The van der Waals surface area contributed by atoms with Crippen LogP contribution >= 0.6 is 11.6 Å². The number of imidazole rings is 1. The molecule has 0 bridgehead atoms. The molecule has 2 heterocycles. The molecule has 4 rings (SSSR count). The van der Waals surface area contributed by atoms with Gasteiger partial charge in [-0.15, -0.1) is 0 Å². The van der Waals surface area contributed by atoms with Crippen molar-refractivity contribution in [2.24, 2.45) is 0 Å². The zero-order valence-electron chi connectivity index (χ0n) is 14.8. The summed E-state index contributed by atoms with van der Waals surface area (Å²) >= 11 is 6.03. The molecule has 1 unspecified atom stereocenters. The van der Waals surface area contributed by atoms with Crippen molar-refractivity contribution in [3.63, 3.8) is 0 Å². The van der Waals surface area contributed by atoms with Crippen molar-refractivity contribution in [2.75, 3.05) is 0 Å². The van der Waals surface area contributed by atoms with Crippen LogP contribution in [0.25, 0.3) is 10.9 Å². The van der Waals surface area contributed by atoms with E-state index in [1.54, 1.807) is 0 Å². The predicted octanol–water partition coefficient (Wildman–Crippen LogP) is 5.93. The minimum absolute atomic E-state index is 0.305. The van der Waals surface area contributed by atoms with Crippen molar-refractivity contribution in [2.45, 2.75) is 32.4 Å². The lowest BCUT2D eigenvalue weighted by molar-refractivity contribution is 0.534. The minimum Gasteiger partial charge on any atom is -0.343 e. The molecule has 0 spiro atoms. The Morgan fingerprint density at radius 2 is 1.88 bits per heavy atom. The van der Waals surface area contributed by atoms with E-state index in [2.05, 4.69) is 69.8 Å². The molecule has 0 N–H and O–H groups in total. The molecule has 0 aliphatic rings. The standard InChI is InChI=1S/C22H22ClN3/c1-2-5-21(25-13-12-24-16-25)20-15-26(22-7-4-3-6-19(20)22)14-17-8-10-18(23)11-9-17/h3-4,6-13,15-16,21H,2,5,14H2,1H3. The molecule has 0 amide bonds. The van der Waals surface area contributed by atoms with Crippen LogP contribution in [0.5, 0.6) is 0 Å². The van der Waals surface area contributed by atoms with Crippen LogP contribution in [0.15, 0.2) is 73.4 Å². The summed E-state index contributed by atoms with van der Waals surface area (Å²) in [5.74, 6) is 0. The monoisotopic (exact) mass is 363 g/mol. The number of rotatable bonds is 6. The molecule has 1 atom stereocenters. The van der Waals surface area contributed by atoms with Gasteiger partial charge in [-0.2, -0.15) is 0 Å². The lowest BCUT2D eigenvalue weighted by atomic mass is 10.0. The summed E-state index contributed by atoms with van der Waals surface area (Å²) in [5, 5.41) is 2.09. The lowest BCUT2D eigenvalue weighted by Crippen LogP contribution is -2.08. The Labute approximate surface area is 158 Å². The minimum atomic E-state index is 0.305. The molecule has 0 radical (unpaired) electrons. The van der Waals surface area contributed by atoms with Crippen molar-refractivity contribution in [3.8, 4) is 0 Å². The van der Waals surface area contributed by atoms with E-state index in [-0.39, 0.29) is 0 Å². The molecule has 0 aliphatic heterocycles. The van der Waals surface area contributed by atoms with Gasteiger partial charge in [0.05, 0.1) is 12.4 Å². The maximum absolute atomic E-state index is 6.03. The molecule has 4 heteroatoms. The van der Waals surface area contributed by atoms with E-state index in [1.807, 2.05) is 24.7 Å². The molecule has 26 heavy (non-hydrogen) atoms. The van der Waals surface area contributed by atoms with Gasteiger partial charge < -0.3 is 9.13 Å². The Kier molecular flexibility index (Phi) is 4.81. The molecule has 0 saturated heterocycles. The number of para-hydroxylation sites is 1. The molecular weight excluding hydrogens is 342 g/mol. The molecule has 4 aromatic rings. The van der Waals surface area contributed by atoms with Gasteiger partial charge in [0, 0.05) is 46.6 Å². The highest BCUT2D eigenvalue weighted by Crippen LogP contribution is 2.32. The first-order valence-electron chi connectivity index (χ1n) is 9.06. The van der Waals surface area contributed by atoms with Gasteiger partial charge in [0.25, 0.3) is 0 Å². The summed E-state index contributed by atoms with van der Waals surface area (Å²) in [5.41, 5.74) is 3.87. The van der Waals surface area contributed by atoms with Crippen LogP contribution in [-0.2, 0) is 6.54 Å². The highest BCUT2D eigenvalue weighted by Gasteiger charge is 2.18. The molecule has 3 nitrogen and oxygen atoms in total. The predicted molar refractivity (Wildman–Crippen MR) is 108 cm³/mol. The maximum atomic E-state index is 6.03.